The summed E-state index contributed by atoms with van der Waals surface area (Å²) in [6.45, 7) is 5.01. The second-order valence-electron chi connectivity index (χ2n) is 5.87. The zero-order valence-corrected chi connectivity index (χ0v) is 14.7. The van der Waals surface area contributed by atoms with Gasteiger partial charge in [0.05, 0.1) is 17.9 Å². The molecule has 1 aliphatic heterocycles. The Labute approximate surface area is 148 Å². The lowest BCUT2D eigenvalue weighted by atomic mass is 10.1. The van der Waals surface area contributed by atoms with E-state index in [-0.39, 0.29) is 24.4 Å². The number of anilines is 1. The van der Waals surface area contributed by atoms with Crippen molar-refractivity contribution in [1.29, 1.82) is 0 Å². The zero-order valence-electron chi connectivity index (χ0n) is 13.8. The van der Waals surface area contributed by atoms with E-state index in [2.05, 4.69) is 22.5 Å². The molecule has 0 saturated carbocycles. The highest BCUT2D eigenvalue weighted by Crippen LogP contribution is 2.23. The standard InChI is InChI=1S/C18H21N3O2.ClH/c1-12-5-7-15(10-13(12)2)23-17-8-6-14(11-20-17)21-18(22)16-4-3-9-19-16;/h5-8,10-11,16,19H,3-4,9H2,1-2H3,(H,21,22);1H. The first-order valence-electron chi connectivity index (χ1n) is 7.87. The van der Waals surface area contributed by atoms with Gasteiger partial charge in [0.1, 0.15) is 5.75 Å². The van der Waals surface area contributed by atoms with Gasteiger partial charge in [0.15, 0.2) is 0 Å². The summed E-state index contributed by atoms with van der Waals surface area (Å²) in [7, 11) is 0. The van der Waals surface area contributed by atoms with Gasteiger partial charge in [-0.3, -0.25) is 4.79 Å². The molecule has 2 N–H and O–H groups in total. The molecule has 128 valence electrons. The van der Waals surface area contributed by atoms with E-state index in [4.69, 9.17) is 4.74 Å². The van der Waals surface area contributed by atoms with Crippen molar-refractivity contribution in [3.05, 3.63) is 47.7 Å². The number of hydrogen-bond acceptors (Lipinski definition) is 4. The number of aryl methyl sites for hydroxylation is 2. The van der Waals surface area contributed by atoms with Crippen LogP contribution >= 0.6 is 12.4 Å². The number of nitrogens with one attached hydrogen (secondary N) is 2. The van der Waals surface area contributed by atoms with Gasteiger partial charge in [-0.1, -0.05) is 6.07 Å². The minimum Gasteiger partial charge on any atom is -0.439 e. The van der Waals surface area contributed by atoms with Crippen LogP contribution in [0.25, 0.3) is 0 Å². The number of benzene rings is 1. The maximum absolute atomic E-state index is 12.0. The quantitative estimate of drug-likeness (QED) is 0.887. The summed E-state index contributed by atoms with van der Waals surface area (Å²) >= 11 is 0. The van der Waals surface area contributed by atoms with Crippen LogP contribution in [0.2, 0.25) is 0 Å². The van der Waals surface area contributed by atoms with Gasteiger partial charge in [-0.2, -0.15) is 0 Å². The smallest absolute Gasteiger partial charge is 0.241 e. The van der Waals surface area contributed by atoms with Crippen molar-refractivity contribution in [1.82, 2.24) is 10.3 Å². The molecule has 3 rings (SSSR count). The molecule has 1 unspecified atom stereocenters. The van der Waals surface area contributed by atoms with E-state index in [0.717, 1.165) is 25.1 Å². The second kappa shape index (κ2) is 8.13. The Bertz CT molecular complexity index is 698. The van der Waals surface area contributed by atoms with Crippen molar-refractivity contribution in [2.45, 2.75) is 32.7 Å². The largest absolute Gasteiger partial charge is 0.439 e. The van der Waals surface area contributed by atoms with Crippen molar-refractivity contribution < 1.29 is 9.53 Å². The number of ether oxygens (including phenoxy) is 1. The molecule has 1 atom stereocenters. The number of nitrogens with zero attached hydrogens (tertiary/aromatic N) is 1. The highest BCUT2D eigenvalue weighted by molar-refractivity contribution is 5.94. The first-order chi connectivity index (χ1) is 11.1. The number of amides is 1. The Morgan fingerprint density at radius 2 is 2.08 bits per heavy atom. The van der Waals surface area contributed by atoms with Crippen LogP contribution in [-0.4, -0.2) is 23.5 Å². The predicted octanol–water partition coefficient (Wildman–Crippen LogP) is 3.60. The summed E-state index contributed by atoms with van der Waals surface area (Å²) in [4.78, 5) is 16.3. The molecule has 0 bridgehead atoms. The van der Waals surface area contributed by atoms with Crippen LogP contribution in [-0.2, 0) is 4.79 Å². The molecule has 24 heavy (non-hydrogen) atoms. The Morgan fingerprint density at radius 3 is 2.71 bits per heavy atom. The number of carbonyl (C=O) groups excluding carboxylic acids is 1. The van der Waals surface area contributed by atoms with Gasteiger partial charge in [-0.15, -0.1) is 12.4 Å². The minimum atomic E-state index is -0.0959. The molecule has 0 spiro atoms. The highest BCUT2D eigenvalue weighted by atomic mass is 35.5. The van der Waals surface area contributed by atoms with Crippen LogP contribution in [0.4, 0.5) is 5.69 Å². The van der Waals surface area contributed by atoms with Gasteiger partial charge in [0, 0.05) is 6.07 Å². The number of halogens is 1. The molecule has 1 aromatic carbocycles. The molecule has 1 saturated heterocycles. The number of rotatable bonds is 4. The van der Waals surface area contributed by atoms with E-state index in [1.807, 2.05) is 25.1 Å². The molecular weight excluding hydrogens is 326 g/mol. The van der Waals surface area contributed by atoms with Crippen LogP contribution in [0.1, 0.15) is 24.0 Å². The lowest BCUT2D eigenvalue weighted by molar-refractivity contribution is -0.117. The van der Waals surface area contributed by atoms with Crippen molar-refractivity contribution in [2.24, 2.45) is 0 Å². The molecule has 6 heteroatoms. The highest BCUT2D eigenvalue weighted by Gasteiger charge is 2.21. The molecule has 2 aromatic rings. The lowest BCUT2D eigenvalue weighted by Crippen LogP contribution is -2.35. The zero-order chi connectivity index (χ0) is 16.2. The van der Waals surface area contributed by atoms with Crippen LogP contribution in [0.15, 0.2) is 36.5 Å². The summed E-state index contributed by atoms with van der Waals surface area (Å²) in [6, 6.07) is 9.39. The fraction of sp³-hybridized carbons (Fsp3) is 0.333. The van der Waals surface area contributed by atoms with Gasteiger partial charge < -0.3 is 15.4 Å². The van der Waals surface area contributed by atoms with E-state index in [1.54, 1.807) is 18.3 Å². The summed E-state index contributed by atoms with van der Waals surface area (Å²) in [6.07, 6.45) is 3.54. The lowest BCUT2D eigenvalue weighted by Gasteiger charge is -2.11. The molecule has 1 fully saturated rings. The molecule has 1 aromatic heterocycles. The third kappa shape index (κ3) is 4.46. The molecule has 5 nitrogen and oxygen atoms in total. The van der Waals surface area contributed by atoms with Gasteiger partial charge in [-0.05, 0) is 62.6 Å². The Kier molecular flexibility index (Phi) is 6.17. The minimum absolute atomic E-state index is 0. The Balaban J connectivity index is 0.00000208. The summed E-state index contributed by atoms with van der Waals surface area (Å²) in [5.41, 5.74) is 3.08. The number of aromatic nitrogens is 1. The van der Waals surface area contributed by atoms with Gasteiger partial charge >= 0.3 is 0 Å². The SMILES string of the molecule is Cc1ccc(Oc2ccc(NC(=O)C3CCCN3)cn2)cc1C.Cl. The number of pyridine rings is 1. The molecule has 2 heterocycles. The van der Waals surface area contributed by atoms with E-state index in [0.29, 0.717) is 11.6 Å². The maximum Gasteiger partial charge on any atom is 0.241 e. The molecule has 1 aliphatic rings. The summed E-state index contributed by atoms with van der Waals surface area (Å²) in [5, 5.41) is 6.05. The molecule has 0 aliphatic carbocycles. The normalized spacial score (nSPS) is 16.3. The van der Waals surface area contributed by atoms with E-state index in [1.165, 1.54) is 11.1 Å². The third-order valence-corrected chi connectivity index (χ3v) is 4.08. The van der Waals surface area contributed by atoms with Crippen molar-refractivity contribution in [3.63, 3.8) is 0 Å². The fourth-order valence-electron chi connectivity index (χ4n) is 2.55. The van der Waals surface area contributed by atoms with Gasteiger partial charge in [-0.25, -0.2) is 4.98 Å². The number of hydrogen-bond donors (Lipinski definition) is 2. The monoisotopic (exact) mass is 347 g/mol. The number of carbonyl (C=O) groups is 1. The van der Waals surface area contributed by atoms with Crippen LogP contribution in [0.3, 0.4) is 0 Å². The molecule has 0 radical (unpaired) electrons. The average molecular weight is 348 g/mol. The Hall–Kier alpha value is -2.11. The van der Waals surface area contributed by atoms with Crippen molar-refractivity contribution >= 4 is 24.0 Å². The average Bonchev–Trinajstić information content (AvgIpc) is 3.07. The second-order valence-corrected chi connectivity index (χ2v) is 5.87. The third-order valence-electron chi connectivity index (χ3n) is 4.08. The summed E-state index contributed by atoms with van der Waals surface area (Å²) in [5.74, 6) is 1.25. The van der Waals surface area contributed by atoms with Crippen LogP contribution in [0.5, 0.6) is 11.6 Å². The van der Waals surface area contributed by atoms with E-state index < -0.39 is 0 Å². The van der Waals surface area contributed by atoms with Crippen molar-refractivity contribution in [3.8, 4) is 11.6 Å². The van der Waals surface area contributed by atoms with Crippen LogP contribution < -0.4 is 15.4 Å². The van der Waals surface area contributed by atoms with Gasteiger partial charge in [0.2, 0.25) is 11.8 Å². The van der Waals surface area contributed by atoms with E-state index >= 15 is 0 Å². The topological polar surface area (TPSA) is 63.2 Å². The first-order valence-corrected chi connectivity index (χ1v) is 7.87. The van der Waals surface area contributed by atoms with Gasteiger partial charge in [0.25, 0.3) is 0 Å². The maximum atomic E-state index is 12.0. The molecule has 1 amide bonds. The fourth-order valence-corrected chi connectivity index (χ4v) is 2.55. The predicted molar refractivity (Wildman–Crippen MR) is 97.1 cm³/mol. The Morgan fingerprint density at radius 1 is 1.25 bits per heavy atom. The van der Waals surface area contributed by atoms with Crippen molar-refractivity contribution in [2.75, 3.05) is 11.9 Å². The van der Waals surface area contributed by atoms with E-state index in [9.17, 15) is 4.79 Å². The summed E-state index contributed by atoms with van der Waals surface area (Å²) < 4.78 is 5.74. The molecular formula is C18H22ClN3O2. The van der Waals surface area contributed by atoms with Crippen LogP contribution in [0, 0.1) is 13.8 Å². The first kappa shape index (κ1) is 18.2.